The Bertz CT molecular complexity index is 876. The second-order valence-electron chi connectivity index (χ2n) is 8.99. The Labute approximate surface area is 186 Å². The lowest BCUT2D eigenvalue weighted by molar-refractivity contribution is -0.143. The number of cyclic esters (lactones) is 1. The molecule has 0 aromatic heterocycles. The van der Waals surface area contributed by atoms with Crippen molar-refractivity contribution in [3.8, 4) is 0 Å². The molecule has 2 aromatic rings. The first-order valence-corrected chi connectivity index (χ1v) is 12.6. The lowest BCUT2D eigenvalue weighted by Crippen LogP contribution is -2.67. The van der Waals surface area contributed by atoms with Crippen molar-refractivity contribution in [1.29, 1.82) is 0 Å². The van der Waals surface area contributed by atoms with Crippen molar-refractivity contribution in [2.45, 2.75) is 32.2 Å². The maximum atomic E-state index is 12.1. The van der Waals surface area contributed by atoms with Gasteiger partial charge in [0.1, 0.15) is 0 Å². The number of esters is 1. The van der Waals surface area contributed by atoms with E-state index in [0.29, 0.717) is 25.2 Å². The number of carbonyl (C=O) groups excluding carboxylic acids is 1. The van der Waals surface area contributed by atoms with Gasteiger partial charge in [0.15, 0.2) is 0 Å². The van der Waals surface area contributed by atoms with Crippen LogP contribution in [0.15, 0.2) is 85.2 Å². The Morgan fingerprint density at radius 3 is 2.13 bits per heavy atom. The van der Waals surface area contributed by atoms with E-state index < -0.39 is 14.3 Å². The van der Waals surface area contributed by atoms with Crippen LogP contribution >= 0.6 is 0 Å². The van der Waals surface area contributed by atoms with E-state index in [4.69, 9.17) is 9.16 Å². The summed E-state index contributed by atoms with van der Waals surface area (Å²) in [6.07, 6.45) is 3.36. The lowest BCUT2D eigenvalue weighted by Gasteiger charge is -2.44. The second kappa shape index (κ2) is 9.67. The highest BCUT2D eigenvalue weighted by Crippen LogP contribution is 2.38. The summed E-state index contributed by atoms with van der Waals surface area (Å²) in [7, 11) is -2.69. The van der Waals surface area contributed by atoms with E-state index in [0.717, 1.165) is 6.26 Å². The number of aliphatic hydroxyl groups is 1. The number of ether oxygens (including phenoxy) is 1. The molecule has 1 heterocycles. The molecule has 0 radical (unpaired) electrons. The normalized spacial score (nSPS) is 19.6. The smallest absolute Gasteiger partial charge is 0.337 e. The Balaban J connectivity index is 2.03. The molecule has 0 aliphatic carbocycles. The van der Waals surface area contributed by atoms with Crippen molar-refractivity contribution in [2.24, 2.45) is 11.8 Å². The van der Waals surface area contributed by atoms with Crippen LogP contribution in [0.25, 0.3) is 0 Å². The SMILES string of the molecule is C=C[C@@H](CO[Si](c1ccccc1)(c1ccccc1)C(C)(C)C)[C@@H]1CCOC(=O)/C1=C/O. The molecule has 1 N–H and O–H groups in total. The fourth-order valence-electron chi connectivity index (χ4n) is 4.59. The van der Waals surface area contributed by atoms with E-state index in [2.05, 4.69) is 75.9 Å². The monoisotopic (exact) mass is 436 g/mol. The second-order valence-corrected chi connectivity index (χ2v) is 13.3. The molecular formula is C26H32O4Si. The van der Waals surface area contributed by atoms with Gasteiger partial charge in [0.2, 0.25) is 0 Å². The zero-order valence-corrected chi connectivity index (χ0v) is 19.6. The largest absolute Gasteiger partial charge is 0.515 e. The van der Waals surface area contributed by atoms with E-state index in [-0.39, 0.29) is 16.9 Å². The van der Waals surface area contributed by atoms with Gasteiger partial charge in [-0.1, -0.05) is 87.5 Å². The van der Waals surface area contributed by atoms with Crippen molar-refractivity contribution >= 4 is 24.7 Å². The summed E-state index contributed by atoms with van der Waals surface area (Å²) in [5.41, 5.74) is 0.294. The molecular weight excluding hydrogens is 404 g/mol. The van der Waals surface area contributed by atoms with Gasteiger partial charge in [0.05, 0.1) is 18.4 Å². The molecule has 3 rings (SSSR count). The zero-order valence-electron chi connectivity index (χ0n) is 18.6. The van der Waals surface area contributed by atoms with Gasteiger partial charge in [-0.3, -0.25) is 0 Å². The fourth-order valence-corrected chi connectivity index (χ4v) is 9.19. The summed E-state index contributed by atoms with van der Waals surface area (Å²) >= 11 is 0. The number of aliphatic hydroxyl groups excluding tert-OH is 1. The molecule has 5 heteroatoms. The first-order valence-electron chi connectivity index (χ1n) is 10.7. The topological polar surface area (TPSA) is 55.8 Å². The van der Waals surface area contributed by atoms with Gasteiger partial charge in [-0.2, -0.15) is 0 Å². The molecule has 1 saturated heterocycles. The van der Waals surface area contributed by atoms with Crippen LogP contribution in [0.1, 0.15) is 27.2 Å². The number of hydrogen-bond acceptors (Lipinski definition) is 4. The summed E-state index contributed by atoms with van der Waals surface area (Å²) in [4.78, 5) is 12.1. The van der Waals surface area contributed by atoms with Crippen molar-refractivity contribution in [2.75, 3.05) is 13.2 Å². The van der Waals surface area contributed by atoms with Gasteiger partial charge in [0.25, 0.3) is 8.32 Å². The zero-order chi connectivity index (χ0) is 22.5. The minimum Gasteiger partial charge on any atom is -0.515 e. The summed E-state index contributed by atoms with van der Waals surface area (Å²) in [5.74, 6) is -0.758. The third-order valence-corrected chi connectivity index (χ3v) is 11.2. The average molecular weight is 437 g/mol. The maximum absolute atomic E-state index is 12.1. The van der Waals surface area contributed by atoms with Crippen molar-refractivity contribution in [3.05, 3.63) is 85.2 Å². The Morgan fingerprint density at radius 1 is 1.13 bits per heavy atom. The Hall–Kier alpha value is -2.63. The quantitative estimate of drug-likeness (QED) is 0.230. The highest BCUT2D eigenvalue weighted by Gasteiger charge is 2.50. The summed E-state index contributed by atoms with van der Waals surface area (Å²) in [5, 5.41) is 11.9. The number of carbonyl (C=O) groups is 1. The van der Waals surface area contributed by atoms with Crippen LogP contribution in [0.3, 0.4) is 0 Å². The van der Waals surface area contributed by atoms with E-state index in [9.17, 15) is 9.90 Å². The Morgan fingerprint density at radius 2 is 1.68 bits per heavy atom. The van der Waals surface area contributed by atoms with Crippen LogP contribution in [-0.4, -0.2) is 32.6 Å². The van der Waals surface area contributed by atoms with Crippen LogP contribution in [0.4, 0.5) is 0 Å². The molecule has 0 amide bonds. The van der Waals surface area contributed by atoms with E-state index in [1.165, 1.54) is 10.4 Å². The van der Waals surface area contributed by atoms with Gasteiger partial charge in [-0.25, -0.2) is 4.79 Å². The summed E-state index contributed by atoms with van der Waals surface area (Å²) in [6.45, 7) is 11.5. The van der Waals surface area contributed by atoms with Crippen molar-refractivity contribution in [1.82, 2.24) is 0 Å². The van der Waals surface area contributed by atoms with Crippen LogP contribution in [0, 0.1) is 11.8 Å². The van der Waals surface area contributed by atoms with Gasteiger partial charge in [-0.15, -0.1) is 6.58 Å². The predicted octanol–water partition coefficient (Wildman–Crippen LogP) is 4.37. The van der Waals surface area contributed by atoms with Gasteiger partial charge >= 0.3 is 5.97 Å². The highest BCUT2D eigenvalue weighted by molar-refractivity contribution is 6.99. The molecule has 2 atom stereocenters. The first kappa shape index (κ1) is 23.0. The third-order valence-electron chi connectivity index (χ3n) is 6.16. The number of hydrogen-bond donors (Lipinski definition) is 1. The number of benzene rings is 2. The van der Waals surface area contributed by atoms with Gasteiger partial charge in [-0.05, 0) is 21.8 Å². The highest BCUT2D eigenvalue weighted by atomic mass is 28.4. The molecule has 0 saturated carbocycles. The van der Waals surface area contributed by atoms with Crippen LogP contribution in [0.2, 0.25) is 5.04 Å². The molecule has 2 aromatic carbocycles. The molecule has 164 valence electrons. The lowest BCUT2D eigenvalue weighted by atomic mass is 9.83. The molecule has 4 nitrogen and oxygen atoms in total. The fraction of sp³-hybridized carbons (Fsp3) is 0.346. The maximum Gasteiger partial charge on any atom is 0.337 e. The Kier molecular flexibility index (Phi) is 7.18. The summed E-state index contributed by atoms with van der Waals surface area (Å²) in [6, 6.07) is 20.9. The molecule has 1 aliphatic rings. The molecule has 1 aliphatic heterocycles. The van der Waals surface area contributed by atoms with Crippen LogP contribution in [-0.2, 0) is 14.0 Å². The van der Waals surface area contributed by atoms with Gasteiger partial charge < -0.3 is 14.3 Å². The molecule has 1 fully saturated rings. The van der Waals surface area contributed by atoms with Crippen molar-refractivity contribution in [3.63, 3.8) is 0 Å². The third kappa shape index (κ3) is 4.53. The number of rotatable bonds is 7. The first-order chi connectivity index (χ1) is 14.8. The minimum absolute atomic E-state index is 0.118. The summed E-state index contributed by atoms with van der Waals surface area (Å²) < 4.78 is 12.1. The van der Waals surface area contributed by atoms with Crippen LogP contribution in [0.5, 0.6) is 0 Å². The van der Waals surface area contributed by atoms with E-state index in [1.807, 2.05) is 18.2 Å². The predicted molar refractivity (Wildman–Crippen MR) is 127 cm³/mol. The average Bonchev–Trinajstić information content (AvgIpc) is 2.77. The molecule has 0 unspecified atom stereocenters. The van der Waals surface area contributed by atoms with Crippen molar-refractivity contribution < 1.29 is 19.1 Å². The van der Waals surface area contributed by atoms with Gasteiger partial charge in [0, 0.05) is 18.4 Å². The van der Waals surface area contributed by atoms with E-state index >= 15 is 0 Å². The standard InChI is InChI=1S/C26H32O4Si/c1-5-20(23-16-17-29-25(28)24(23)18-27)19-30-31(26(2,3)4,21-12-8-6-9-13-21)22-14-10-7-11-15-22/h5-15,18,20,23,27H,1,16-17,19H2,2-4H3/b24-18+/t20-,23-/m0/s1. The van der Waals surface area contributed by atoms with E-state index in [1.54, 1.807) is 0 Å². The minimum atomic E-state index is -2.69. The molecule has 0 spiro atoms. The van der Waals surface area contributed by atoms with Crippen LogP contribution < -0.4 is 10.4 Å². The molecule has 0 bridgehead atoms. The molecule has 31 heavy (non-hydrogen) atoms.